The van der Waals surface area contributed by atoms with Gasteiger partial charge in [0.15, 0.2) is 0 Å². The molecule has 0 aromatic heterocycles. The number of aliphatic hydroxyl groups is 1. The second-order valence-electron chi connectivity index (χ2n) is 5.57. The largest absolute Gasteiger partial charge is 0.394 e. The highest BCUT2D eigenvalue weighted by Gasteiger charge is 2.29. The topological polar surface area (TPSA) is 78.4 Å². The van der Waals surface area contributed by atoms with Crippen molar-refractivity contribution >= 4 is 15.7 Å². The quantitative estimate of drug-likeness (QED) is 0.714. The van der Waals surface area contributed by atoms with Gasteiger partial charge < -0.3 is 10.4 Å². The van der Waals surface area contributed by atoms with Crippen LogP contribution in [0.25, 0.3) is 0 Å². The number of sulfonamides is 1. The number of anilines is 1. The Bertz CT molecular complexity index is 553. The average molecular weight is 298 g/mol. The molecular weight excluding hydrogens is 276 g/mol. The van der Waals surface area contributed by atoms with E-state index in [0.717, 1.165) is 12.8 Å². The van der Waals surface area contributed by atoms with Gasteiger partial charge >= 0.3 is 0 Å². The van der Waals surface area contributed by atoms with Gasteiger partial charge in [-0.1, -0.05) is 26.0 Å². The number of benzene rings is 1. The fraction of sp³-hybridized carbons (Fsp3) is 0.571. The van der Waals surface area contributed by atoms with Crippen LogP contribution in [0.5, 0.6) is 0 Å². The Morgan fingerprint density at radius 3 is 2.50 bits per heavy atom. The van der Waals surface area contributed by atoms with E-state index in [2.05, 4.69) is 10.0 Å². The zero-order valence-corrected chi connectivity index (χ0v) is 12.7. The molecular formula is C14H22N2O3S. The molecule has 1 aromatic carbocycles. The Labute approximate surface area is 120 Å². The van der Waals surface area contributed by atoms with Crippen molar-refractivity contribution in [2.24, 2.45) is 5.92 Å². The number of aliphatic hydroxyl groups excluding tert-OH is 1. The van der Waals surface area contributed by atoms with Gasteiger partial charge in [-0.25, -0.2) is 13.1 Å². The SMILES string of the molecule is CC(C)C(CO)Nc1ccccc1S(=O)(=O)NC1CC1. The lowest BCUT2D eigenvalue weighted by Gasteiger charge is -2.23. The van der Waals surface area contributed by atoms with Gasteiger partial charge in [-0.3, -0.25) is 0 Å². The summed E-state index contributed by atoms with van der Waals surface area (Å²) in [5.41, 5.74) is 0.536. The molecule has 1 saturated carbocycles. The van der Waals surface area contributed by atoms with Crippen LogP contribution in [0.15, 0.2) is 29.2 Å². The predicted molar refractivity (Wildman–Crippen MR) is 79.1 cm³/mol. The van der Waals surface area contributed by atoms with Crippen LogP contribution in [0, 0.1) is 5.92 Å². The average Bonchev–Trinajstić information content (AvgIpc) is 3.19. The van der Waals surface area contributed by atoms with Crippen molar-refractivity contribution in [3.05, 3.63) is 24.3 Å². The highest BCUT2D eigenvalue weighted by Crippen LogP contribution is 2.26. The van der Waals surface area contributed by atoms with Gasteiger partial charge in [0.05, 0.1) is 18.3 Å². The van der Waals surface area contributed by atoms with Gasteiger partial charge in [-0.15, -0.1) is 0 Å². The van der Waals surface area contributed by atoms with Gasteiger partial charge in [0.2, 0.25) is 10.0 Å². The Balaban J connectivity index is 2.25. The van der Waals surface area contributed by atoms with Crippen LogP contribution in [0.1, 0.15) is 26.7 Å². The molecule has 1 aliphatic carbocycles. The number of hydrogen-bond acceptors (Lipinski definition) is 4. The fourth-order valence-corrected chi connectivity index (χ4v) is 3.40. The molecule has 0 radical (unpaired) electrons. The third-order valence-corrected chi connectivity index (χ3v) is 5.00. The van der Waals surface area contributed by atoms with E-state index in [1.54, 1.807) is 24.3 Å². The van der Waals surface area contributed by atoms with Crippen LogP contribution in [-0.2, 0) is 10.0 Å². The molecule has 1 fully saturated rings. The van der Waals surface area contributed by atoms with Gasteiger partial charge in [0, 0.05) is 6.04 Å². The monoisotopic (exact) mass is 298 g/mol. The smallest absolute Gasteiger partial charge is 0.242 e. The van der Waals surface area contributed by atoms with Crippen molar-refractivity contribution < 1.29 is 13.5 Å². The summed E-state index contributed by atoms with van der Waals surface area (Å²) in [6.45, 7) is 3.92. The molecule has 2 rings (SSSR count). The lowest BCUT2D eigenvalue weighted by molar-refractivity contribution is 0.249. The van der Waals surface area contributed by atoms with E-state index >= 15 is 0 Å². The van der Waals surface area contributed by atoms with Crippen LogP contribution in [0.3, 0.4) is 0 Å². The van der Waals surface area contributed by atoms with Gasteiger partial charge in [-0.05, 0) is 30.9 Å². The van der Waals surface area contributed by atoms with E-state index in [4.69, 9.17) is 0 Å². The Morgan fingerprint density at radius 2 is 1.95 bits per heavy atom. The molecule has 0 bridgehead atoms. The molecule has 1 atom stereocenters. The van der Waals surface area contributed by atoms with Crippen molar-refractivity contribution in [2.45, 2.75) is 43.7 Å². The molecule has 5 nitrogen and oxygen atoms in total. The first-order valence-corrected chi connectivity index (χ1v) is 8.41. The fourth-order valence-electron chi connectivity index (χ4n) is 1.93. The summed E-state index contributed by atoms with van der Waals surface area (Å²) < 4.78 is 27.3. The molecule has 0 amide bonds. The maximum absolute atomic E-state index is 12.3. The summed E-state index contributed by atoms with van der Waals surface area (Å²) in [6.07, 6.45) is 1.81. The lowest BCUT2D eigenvalue weighted by Crippen LogP contribution is -2.32. The Morgan fingerprint density at radius 1 is 1.30 bits per heavy atom. The first-order chi connectivity index (χ1) is 9.44. The molecule has 0 aliphatic heterocycles. The van der Waals surface area contributed by atoms with E-state index in [0.29, 0.717) is 5.69 Å². The second-order valence-corrected chi connectivity index (χ2v) is 7.25. The van der Waals surface area contributed by atoms with Crippen LogP contribution in [0.2, 0.25) is 0 Å². The zero-order valence-electron chi connectivity index (χ0n) is 11.8. The molecule has 3 N–H and O–H groups in total. The van der Waals surface area contributed by atoms with Gasteiger partial charge in [0.25, 0.3) is 0 Å². The predicted octanol–water partition coefficient (Wildman–Crippen LogP) is 1.56. The lowest BCUT2D eigenvalue weighted by atomic mass is 10.1. The van der Waals surface area contributed by atoms with Crippen molar-refractivity contribution in [2.75, 3.05) is 11.9 Å². The summed E-state index contributed by atoms with van der Waals surface area (Å²) >= 11 is 0. The second kappa shape index (κ2) is 6.11. The molecule has 112 valence electrons. The number of hydrogen-bond donors (Lipinski definition) is 3. The summed E-state index contributed by atoms with van der Waals surface area (Å²) in [4.78, 5) is 0.242. The molecule has 1 unspecified atom stereocenters. The first-order valence-electron chi connectivity index (χ1n) is 6.93. The maximum Gasteiger partial charge on any atom is 0.242 e. The molecule has 6 heteroatoms. The standard InChI is InChI=1S/C14H22N2O3S/c1-10(2)13(9-17)15-12-5-3-4-6-14(12)20(18,19)16-11-7-8-11/h3-6,10-11,13,15-17H,7-9H2,1-2H3. The highest BCUT2D eigenvalue weighted by atomic mass is 32.2. The Kier molecular flexibility index (Phi) is 4.67. The van der Waals surface area contributed by atoms with Gasteiger partial charge in [-0.2, -0.15) is 0 Å². The van der Waals surface area contributed by atoms with E-state index in [1.807, 2.05) is 13.8 Å². The van der Waals surface area contributed by atoms with Crippen molar-refractivity contribution in [3.8, 4) is 0 Å². The molecule has 0 heterocycles. The van der Waals surface area contributed by atoms with Gasteiger partial charge in [0.1, 0.15) is 4.90 Å². The minimum absolute atomic E-state index is 0.0396. The highest BCUT2D eigenvalue weighted by molar-refractivity contribution is 7.89. The van der Waals surface area contributed by atoms with Crippen molar-refractivity contribution in [3.63, 3.8) is 0 Å². The van der Waals surface area contributed by atoms with Crippen LogP contribution in [-0.4, -0.2) is 32.2 Å². The van der Waals surface area contributed by atoms with E-state index in [-0.39, 0.29) is 29.5 Å². The normalized spacial score (nSPS) is 17.2. The molecule has 0 spiro atoms. The summed E-state index contributed by atoms with van der Waals surface area (Å²) in [5, 5.41) is 12.5. The third kappa shape index (κ3) is 3.71. The summed E-state index contributed by atoms with van der Waals surface area (Å²) in [7, 11) is -3.50. The number of nitrogens with one attached hydrogen (secondary N) is 2. The number of rotatable bonds is 7. The Hall–Kier alpha value is -1.11. The first kappa shape index (κ1) is 15.3. The van der Waals surface area contributed by atoms with Crippen LogP contribution in [0.4, 0.5) is 5.69 Å². The van der Waals surface area contributed by atoms with Crippen molar-refractivity contribution in [1.29, 1.82) is 0 Å². The molecule has 1 aliphatic rings. The zero-order chi connectivity index (χ0) is 14.8. The molecule has 1 aromatic rings. The minimum Gasteiger partial charge on any atom is -0.394 e. The third-order valence-electron chi connectivity index (χ3n) is 3.42. The minimum atomic E-state index is -3.50. The van der Waals surface area contributed by atoms with E-state index < -0.39 is 10.0 Å². The summed E-state index contributed by atoms with van der Waals surface area (Å²) in [6, 6.07) is 6.71. The molecule has 20 heavy (non-hydrogen) atoms. The van der Waals surface area contributed by atoms with E-state index in [1.165, 1.54) is 0 Å². The number of para-hydroxylation sites is 1. The molecule has 0 saturated heterocycles. The summed E-state index contributed by atoms with van der Waals surface area (Å²) in [5.74, 6) is 0.201. The van der Waals surface area contributed by atoms with Crippen molar-refractivity contribution in [1.82, 2.24) is 4.72 Å². The van der Waals surface area contributed by atoms with Crippen LogP contribution < -0.4 is 10.0 Å². The maximum atomic E-state index is 12.3. The van der Waals surface area contributed by atoms with Crippen LogP contribution >= 0.6 is 0 Å². The van der Waals surface area contributed by atoms with E-state index in [9.17, 15) is 13.5 Å².